The summed E-state index contributed by atoms with van der Waals surface area (Å²) in [5, 5.41) is 8.66. The second-order valence-electron chi connectivity index (χ2n) is 2.66. The highest BCUT2D eigenvalue weighted by Gasteiger charge is 2.14. The molecule has 0 fully saturated rings. The first-order valence-electron chi connectivity index (χ1n) is 3.99. The van der Waals surface area contributed by atoms with Crippen molar-refractivity contribution in [3.05, 3.63) is 23.4 Å². The third kappa shape index (κ3) is 1.94. The molecule has 0 aliphatic heterocycles. The van der Waals surface area contributed by atoms with Gasteiger partial charge in [-0.2, -0.15) is 5.26 Å². The van der Waals surface area contributed by atoms with Crippen LogP contribution < -0.4 is 5.73 Å². The summed E-state index contributed by atoms with van der Waals surface area (Å²) in [7, 11) is 0. The number of pyridine rings is 1. The molecule has 0 aromatic carbocycles. The minimum atomic E-state index is -1.21. The van der Waals surface area contributed by atoms with Crippen molar-refractivity contribution in [2.75, 3.05) is 5.73 Å². The molecule has 4 heteroatoms. The van der Waals surface area contributed by atoms with Crippen molar-refractivity contribution in [1.82, 2.24) is 4.98 Å². The van der Waals surface area contributed by atoms with Gasteiger partial charge in [0.1, 0.15) is 18.1 Å². The second kappa shape index (κ2) is 3.85. The number of anilines is 1. The molecule has 1 aromatic heterocycles. The summed E-state index contributed by atoms with van der Waals surface area (Å²) in [5.74, 6) is 0.241. The Hall–Kier alpha value is -1.63. The fourth-order valence-electron chi connectivity index (χ4n) is 1.02. The molecule has 2 N–H and O–H groups in total. The molecule has 1 unspecified atom stereocenters. The van der Waals surface area contributed by atoms with E-state index in [1.54, 1.807) is 6.92 Å². The van der Waals surface area contributed by atoms with Gasteiger partial charge in [0.25, 0.3) is 0 Å². The van der Waals surface area contributed by atoms with Gasteiger partial charge in [0.2, 0.25) is 0 Å². The van der Waals surface area contributed by atoms with Gasteiger partial charge in [-0.15, -0.1) is 0 Å². The van der Waals surface area contributed by atoms with Gasteiger partial charge in [-0.3, -0.25) is 0 Å². The Kier molecular flexibility index (Phi) is 2.80. The zero-order valence-electron chi connectivity index (χ0n) is 7.29. The van der Waals surface area contributed by atoms with E-state index in [9.17, 15) is 4.39 Å². The van der Waals surface area contributed by atoms with Gasteiger partial charge in [0.05, 0.1) is 11.3 Å². The maximum atomic E-state index is 13.2. The molecular weight excluding hydrogens is 169 g/mol. The smallest absolute Gasteiger partial charge is 0.143 e. The summed E-state index contributed by atoms with van der Waals surface area (Å²) in [5.41, 5.74) is 5.78. The fourth-order valence-corrected chi connectivity index (χ4v) is 1.02. The predicted molar refractivity (Wildman–Crippen MR) is 47.5 cm³/mol. The van der Waals surface area contributed by atoms with Gasteiger partial charge in [-0.1, -0.05) is 6.92 Å². The summed E-state index contributed by atoms with van der Waals surface area (Å²) in [6.45, 7) is 1.69. The lowest BCUT2D eigenvalue weighted by molar-refractivity contribution is 0.326. The summed E-state index contributed by atoms with van der Waals surface area (Å²) in [6.07, 6.45) is -0.913. The molecule has 0 amide bonds. The third-order valence-electron chi connectivity index (χ3n) is 1.72. The molecule has 1 aromatic rings. The molecule has 13 heavy (non-hydrogen) atoms. The van der Waals surface area contributed by atoms with Crippen LogP contribution in [0.25, 0.3) is 0 Å². The number of nitrogens with two attached hydrogens (primary N) is 1. The van der Waals surface area contributed by atoms with Crippen molar-refractivity contribution >= 4 is 5.82 Å². The maximum absolute atomic E-state index is 13.2. The molecular formula is C9H10FN3. The number of rotatable bonds is 2. The first kappa shape index (κ1) is 9.46. The molecule has 0 saturated heterocycles. The van der Waals surface area contributed by atoms with E-state index < -0.39 is 6.17 Å². The molecule has 0 spiro atoms. The van der Waals surface area contributed by atoms with Crippen LogP contribution in [0.15, 0.2) is 12.1 Å². The van der Waals surface area contributed by atoms with Gasteiger partial charge in [-0.05, 0) is 18.6 Å². The van der Waals surface area contributed by atoms with Gasteiger partial charge >= 0.3 is 0 Å². The molecule has 3 nitrogen and oxygen atoms in total. The third-order valence-corrected chi connectivity index (χ3v) is 1.72. The zero-order chi connectivity index (χ0) is 9.84. The second-order valence-corrected chi connectivity index (χ2v) is 2.66. The van der Waals surface area contributed by atoms with Crippen LogP contribution in [-0.2, 0) is 0 Å². The Morgan fingerprint density at radius 3 is 2.92 bits per heavy atom. The first-order valence-corrected chi connectivity index (χ1v) is 3.99. The molecule has 1 rings (SSSR count). The average Bonchev–Trinajstić information content (AvgIpc) is 2.16. The highest BCUT2D eigenvalue weighted by atomic mass is 19.1. The van der Waals surface area contributed by atoms with Crippen molar-refractivity contribution < 1.29 is 4.39 Å². The number of nitrogens with zero attached hydrogens (tertiary/aromatic N) is 2. The van der Waals surface area contributed by atoms with Crippen LogP contribution in [0, 0.1) is 11.3 Å². The quantitative estimate of drug-likeness (QED) is 0.754. The van der Waals surface area contributed by atoms with E-state index in [1.165, 1.54) is 12.1 Å². The van der Waals surface area contributed by atoms with Gasteiger partial charge in [0, 0.05) is 0 Å². The molecule has 1 atom stereocenters. The number of alkyl halides is 1. The van der Waals surface area contributed by atoms with Crippen LogP contribution in [0.1, 0.15) is 30.8 Å². The van der Waals surface area contributed by atoms with E-state index in [1.807, 2.05) is 6.07 Å². The van der Waals surface area contributed by atoms with Crippen molar-refractivity contribution in [3.63, 3.8) is 0 Å². The Morgan fingerprint density at radius 1 is 1.69 bits per heavy atom. The summed E-state index contributed by atoms with van der Waals surface area (Å²) < 4.78 is 13.2. The highest BCUT2D eigenvalue weighted by molar-refractivity contribution is 5.41. The normalized spacial score (nSPS) is 12.1. The van der Waals surface area contributed by atoms with Gasteiger partial charge in [-0.25, -0.2) is 9.37 Å². The lowest BCUT2D eigenvalue weighted by Crippen LogP contribution is -2.01. The minimum Gasteiger partial charge on any atom is -0.384 e. The average molecular weight is 179 g/mol. The number of aromatic nitrogens is 1. The fraction of sp³-hybridized carbons (Fsp3) is 0.333. The molecule has 0 saturated carbocycles. The lowest BCUT2D eigenvalue weighted by Gasteiger charge is -2.06. The largest absolute Gasteiger partial charge is 0.384 e. The number of nitriles is 1. The number of nitrogen functional groups attached to an aromatic ring is 1. The summed E-state index contributed by atoms with van der Waals surface area (Å²) >= 11 is 0. The minimum absolute atomic E-state index is 0.144. The summed E-state index contributed by atoms with van der Waals surface area (Å²) in [6, 6.07) is 4.86. The van der Waals surface area contributed by atoms with Crippen molar-refractivity contribution in [2.24, 2.45) is 0 Å². The van der Waals surface area contributed by atoms with E-state index in [4.69, 9.17) is 11.0 Å². The van der Waals surface area contributed by atoms with E-state index in [0.717, 1.165) is 0 Å². The van der Waals surface area contributed by atoms with Gasteiger partial charge in [0.15, 0.2) is 0 Å². The highest BCUT2D eigenvalue weighted by Crippen LogP contribution is 2.22. The van der Waals surface area contributed by atoms with E-state index in [0.29, 0.717) is 6.42 Å². The van der Waals surface area contributed by atoms with Crippen molar-refractivity contribution in [2.45, 2.75) is 19.5 Å². The van der Waals surface area contributed by atoms with E-state index in [-0.39, 0.29) is 17.1 Å². The first-order chi connectivity index (χ1) is 6.19. The Bertz CT molecular complexity index is 343. The maximum Gasteiger partial charge on any atom is 0.143 e. The Morgan fingerprint density at radius 2 is 2.38 bits per heavy atom. The number of halogens is 1. The standard InChI is InChI=1S/C9H10FN3/c1-2-7(10)9-6(5-11)3-4-8(12)13-9/h3-4,7H,2H2,1H3,(H2,12,13). The molecule has 0 aliphatic rings. The zero-order valence-corrected chi connectivity index (χ0v) is 7.29. The topological polar surface area (TPSA) is 62.7 Å². The van der Waals surface area contributed by atoms with Crippen molar-refractivity contribution in [3.8, 4) is 6.07 Å². The molecule has 1 heterocycles. The van der Waals surface area contributed by atoms with Crippen LogP contribution in [0.4, 0.5) is 10.2 Å². The number of hydrogen-bond donors (Lipinski definition) is 1. The molecule has 0 bridgehead atoms. The molecule has 0 aliphatic carbocycles. The van der Waals surface area contributed by atoms with Crippen LogP contribution >= 0.6 is 0 Å². The van der Waals surface area contributed by atoms with Crippen LogP contribution in [0.2, 0.25) is 0 Å². The van der Waals surface area contributed by atoms with E-state index in [2.05, 4.69) is 4.98 Å². The predicted octanol–water partition coefficient (Wildman–Crippen LogP) is 1.96. The number of hydrogen-bond acceptors (Lipinski definition) is 3. The van der Waals surface area contributed by atoms with Crippen LogP contribution in [0.5, 0.6) is 0 Å². The lowest BCUT2D eigenvalue weighted by atomic mass is 10.1. The van der Waals surface area contributed by atoms with Gasteiger partial charge < -0.3 is 5.73 Å². The SMILES string of the molecule is CCC(F)c1nc(N)ccc1C#N. The van der Waals surface area contributed by atoms with Crippen LogP contribution in [0.3, 0.4) is 0 Å². The Balaban J connectivity index is 3.17. The molecule has 68 valence electrons. The van der Waals surface area contributed by atoms with E-state index >= 15 is 0 Å². The molecule has 0 radical (unpaired) electrons. The Labute approximate surface area is 76.0 Å². The summed E-state index contributed by atoms with van der Waals surface area (Å²) in [4.78, 5) is 3.80. The van der Waals surface area contributed by atoms with Crippen LogP contribution in [-0.4, -0.2) is 4.98 Å². The van der Waals surface area contributed by atoms with Crippen molar-refractivity contribution in [1.29, 1.82) is 5.26 Å². The monoisotopic (exact) mass is 179 g/mol.